The lowest BCUT2D eigenvalue weighted by Gasteiger charge is -2.18. The maximum Gasteiger partial charge on any atom is 0.157 e. The zero-order valence-corrected chi connectivity index (χ0v) is 12.7. The number of anilines is 2. The summed E-state index contributed by atoms with van der Waals surface area (Å²) in [5.41, 5.74) is 3.24. The Balaban J connectivity index is 1.91. The Morgan fingerprint density at radius 2 is 2.19 bits per heavy atom. The van der Waals surface area contributed by atoms with Gasteiger partial charge in [0.2, 0.25) is 0 Å². The van der Waals surface area contributed by atoms with Crippen molar-refractivity contribution in [3.63, 3.8) is 0 Å². The smallest absolute Gasteiger partial charge is 0.157 e. The number of halogens is 1. The molecule has 1 aromatic heterocycles. The lowest BCUT2D eigenvalue weighted by Crippen LogP contribution is -2.11. The number of benzene rings is 1. The third-order valence-electron chi connectivity index (χ3n) is 3.81. The summed E-state index contributed by atoms with van der Waals surface area (Å²) in [5, 5.41) is 6.91. The van der Waals surface area contributed by atoms with Gasteiger partial charge in [-0.25, -0.2) is 9.97 Å². The van der Waals surface area contributed by atoms with E-state index in [0.717, 1.165) is 30.1 Å². The highest BCUT2D eigenvalue weighted by Crippen LogP contribution is 2.39. The highest BCUT2D eigenvalue weighted by Gasteiger charge is 2.26. The van der Waals surface area contributed by atoms with E-state index < -0.39 is 0 Å². The van der Waals surface area contributed by atoms with Gasteiger partial charge in [0, 0.05) is 7.05 Å². The minimum absolute atomic E-state index is 0.202. The molecule has 6 heteroatoms. The van der Waals surface area contributed by atoms with Crippen LogP contribution in [0, 0.1) is 0 Å². The molecule has 0 fully saturated rings. The lowest BCUT2D eigenvalue weighted by atomic mass is 10.1. The Morgan fingerprint density at radius 3 is 2.95 bits per heavy atom. The number of ether oxygens (including phenoxy) is 1. The summed E-state index contributed by atoms with van der Waals surface area (Å²) in [5.74, 6) is 1.67. The summed E-state index contributed by atoms with van der Waals surface area (Å²) in [4.78, 5) is 8.28. The van der Waals surface area contributed by atoms with E-state index in [4.69, 9.17) is 16.3 Å². The van der Waals surface area contributed by atoms with Gasteiger partial charge < -0.3 is 15.4 Å². The van der Waals surface area contributed by atoms with Crippen LogP contribution in [0.1, 0.15) is 23.6 Å². The van der Waals surface area contributed by atoms with E-state index in [0.29, 0.717) is 5.15 Å². The van der Waals surface area contributed by atoms with E-state index in [1.165, 1.54) is 17.5 Å². The maximum atomic E-state index is 6.09. The molecule has 1 heterocycles. The van der Waals surface area contributed by atoms with Crippen molar-refractivity contribution in [2.75, 3.05) is 24.8 Å². The van der Waals surface area contributed by atoms with Gasteiger partial charge in [0.05, 0.1) is 13.2 Å². The molecule has 1 aliphatic rings. The number of hydrogen-bond donors (Lipinski definition) is 2. The van der Waals surface area contributed by atoms with Gasteiger partial charge in [-0.05, 0) is 30.0 Å². The van der Waals surface area contributed by atoms with Gasteiger partial charge in [0.1, 0.15) is 17.8 Å². The molecule has 0 spiro atoms. The second kappa shape index (κ2) is 5.77. The zero-order valence-electron chi connectivity index (χ0n) is 12.0. The number of aromatic nitrogens is 2. The van der Waals surface area contributed by atoms with Crippen LogP contribution in [-0.2, 0) is 6.42 Å². The molecule has 2 N–H and O–H groups in total. The van der Waals surface area contributed by atoms with Crippen LogP contribution in [0.15, 0.2) is 24.5 Å². The fourth-order valence-corrected chi connectivity index (χ4v) is 3.05. The normalized spacial score (nSPS) is 16.4. The molecule has 0 amide bonds. The molecule has 0 saturated heterocycles. The predicted octanol–water partition coefficient (Wildman–Crippen LogP) is 3.28. The van der Waals surface area contributed by atoms with Crippen LogP contribution in [0.25, 0.3) is 0 Å². The number of rotatable bonds is 4. The van der Waals surface area contributed by atoms with Gasteiger partial charge in [-0.3, -0.25) is 0 Å². The van der Waals surface area contributed by atoms with Crippen molar-refractivity contribution >= 4 is 23.1 Å². The first-order valence-corrected chi connectivity index (χ1v) is 7.23. The third-order valence-corrected chi connectivity index (χ3v) is 4.10. The van der Waals surface area contributed by atoms with Crippen LogP contribution in [0.5, 0.6) is 5.75 Å². The van der Waals surface area contributed by atoms with E-state index in [9.17, 15) is 0 Å². The zero-order chi connectivity index (χ0) is 14.8. The molecule has 2 aromatic rings. The second-order valence-corrected chi connectivity index (χ2v) is 5.26. The van der Waals surface area contributed by atoms with E-state index in [2.05, 4.69) is 26.7 Å². The number of methoxy groups -OCH3 is 1. The molecule has 1 aromatic carbocycles. The summed E-state index contributed by atoms with van der Waals surface area (Å²) >= 11 is 6.09. The molecule has 21 heavy (non-hydrogen) atoms. The van der Waals surface area contributed by atoms with Crippen molar-refractivity contribution < 1.29 is 4.74 Å². The molecule has 1 unspecified atom stereocenters. The van der Waals surface area contributed by atoms with E-state index in [-0.39, 0.29) is 6.04 Å². The summed E-state index contributed by atoms with van der Waals surface area (Å²) in [6, 6.07) is 6.35. The highest BCUT2D eigenvalue weighted by atomic mass is 35.5. The van der Waals surface area contributed by atoms with Crippen LogP contribution in [-0.4, -0.2) is 24.1 Å². The molecule has 110 valence electrons. The van der Waals surface area contributed by atoms with Crippen LogP contribution in [0.2, 0.25) is 5.15 Å². The molecule has 0 aliphatic heterocycles. The average molecular weight is 305 g/mol. The summed E-state index contributed by atoms with van der Waals surface area (Å²) < 4.78 is 5.43. The number of fused-ring (bicyclic) bond motifs is 1. The van der Waals surface area contributed by atoms with Crippen molar-refractivity contribution in [2.24, 2.45) is 0 Å². The Kier molecular flexibility index (Phi) is 3.84. The Morgan fingerprint density at radius 1 is 1.33 bits per heavy atom. The molecule has 0 radical (unpaired) electrons. The Hall–Kier alpha value is -2.01. The molecule has 5 nitrogen and oxygen atoms in total. The number of nitrogens with zero attached hydrogens (tertiary/aromatic N) is 2. The summed E-state index contributed by atoms with van der Waals surface area (Å²) in [6.07, 6.45) is 3.46. The minimum Gasteiger partial charge on any atom is -0.496 e. The van der Waals surface area contributed by atoms with Crippen molar-refractivity contribution in [2.45, 2.75) is 18.9 Å². The van der Waals surface area contributed by atoms with E-state index >= 15 is 0 Å². The molecular weight excluding hydrogens is 288 g/mol. The van der Waals surface area contributed by atoms with Gasteiger partial charge in [0.25, 0.3) is 0 Å². The number of hydrogen-bond acceptors (Lipinski definition) is 5. The van der Waals surface area contributed by atoms with E-state index in [1.54, 1.807) is 14.2 Å². The maximum absolute atomic E-state index is 6.09. The van der Waals surface area contributed by atoms with Crippen LogP contribution in [0.4, 0.5) is 11.5 Å². The van der Waals surface area contributed by atoms with Gasteiger partial charge in [-0.15, -0.1) is 0 Å². The van der Waals surface area contributed by atoms with E-state index in [1.807, 2.05) is 12.1 Å². The molecule has 0 bridgehead atoms. The van der Waals surface area contributed by atoms with Crippen molar-refractivity contribution in [1.82, 2.24) is 9.97 Å². The van der Waals surface area contributed by atoms with Gasteiger partial charge in [-0.2, -0.15) is 0 Å². The topological polar surface area (TPSA) is 59.1 Å². The van der Waals surface area contributed by atoms with Crippen LogP contribution < -0.4 is 15.4 Å². The van der Waals surface area contributed by atoms with Gasteiger partial charge >= 0.3 is 0 Å². The SMILES string of the molecule is CNc1c(Cl)ncnc1NC1CCc2c(OC)cccc21. The highest BCUT2D eigenvalue weighted by molar-refractivity contribution is 6.32. The third kappa shape index (κ3) is 2.49. The summed E-state index contributed by atoms with van der Waals surface area (Å²) in [6.45, 7) is 0. The average Bonchev–Trinajstić information content (AvgIpc) is 2.91. The molecule has 0 saturated carbocycles. The van der Waals surface area contributed by atoms with Crippen molar-refractivity contribution in [1.29, 1.82) is 0 Å². The predicted molar refractivity (Wildman–Crippen MR) is 84.3 cm³/mol. The van der Waals surface area contributed by atoms with Crippen LogP contribution in [0.3, 0.4) is 0 Å². The standard InChI is InChI=1S/C15H17ClN4O/c1-17-13-14(16)18-8-19-15(13)20-11-7-6-10-9(11)4-3-5-12(10)21-2/h3-5,8,11,17H,6-7H2,1-2H3,(H,18,19,20). The van der Waals surface area contributed by atoms with Crippen molar-refractivity contribution in [3.8, 4) is 5.75 Å². The number of nitrogens with one attached hydrogen (secondary N) is 2. The Labute approximate surface area is 128 Å². The molecule has 1 aliphatic carbocycles. The van der Waals surface area contributed by atoms with Crippen molar-refractivity contribution in [3.05, 3.63) is 40.8 Å². The molecule has 1 atom stereocenters. The van der Waals surface area contributed by atoms with Crippen LogP contribution >= 0.6 is 11.6 Å². The lowest BCUT2D eigenvalue weighted by molar-refractivity contribution is 0.410. The second-order valence-electron chi connectivity index (χ2n) is 4.90. The molecular formula is C15H17ClN4O. The van der Waals surface area contributed by atoms with Gasteiger partial charge in [0.15, 0.2) is 11.0 Å². The fraction of sp³-hybridized carbons (Fsp3) is 0.333. The molecule has 3 rings (SSSR count). The monoisotopic (exact) mass is 304 g/mol. The minimum atomic E-state index is 0.202. The first kappa shape index (κ1) is 13.9. The van der Waals surface area contributed by atoms with Gasteiger partial charge in [-0.1, -0.05) is 23.7 Å². The summed E-state index contributed by atoms with van der Waals surface area (Å²) in [7, 11) is 3.51. The Bertz CT molecular complexity index is 662. The first-order valence-electron chi connectivity index (χ1n) is 6.85. The quantitative estimate of drug-likeness (QED) is 0.849. The fourth-order valence-electron chi connectivity index (χ4n) is 2.82. The largest absolute Gasteiger partial charge is 0.496 e. The first-order chi connectivity index (χ1) is 10.2.